The number of alkyl carbamates (subject to hydrolysis) is 1. The molecule has 2 rings (SSSR count). The van der Waals surface area contributed by atoms with Crippen LogP contribution in [0.2, 0.25) is 0 Å². The van der Waals surface area contributed by atoms with E-state index in [-0.39, 0.29) is 43.3 Å². The monoisotopic (exact) mass is 517 g/mol. The lowest BCUT2D eigenvalue weighted by atomic mass is 9.96. The Kier molecular flexibility index (Phi) is 10.5. The van der Waals surface area contributed by atoms with Crippen LogP contribution in [0.3, 0.4) is 0 Å². The molecule has 0 spiro atoms. The van der Waals surface area contributed by atoms with Crippen LogP contribution in [0.4, 0.5) is 4.79 Å². The lowest BCUT2D eigenvalue weighted by Crippen LogP contribution is -2.55. The number of amides is 3. The van der Waals surface area contributed by atoms with Gasteiger partial charge in [0.15, 0.2) is 0 Å². The summed E-state index contributed by atoms with van der Waals surface area (Å²) in [5, 5.41) is 5.55. The first-order chi connectivity index (χ1) is 17.2. The van der Waals surface area contributed by atoms with Crippen LogP contribution in [0.25, 0.3) is 0 Å². The second-order valence-corrected chi connectivity index (χ2v) is 10.9. The van der Waals surface area contributed by atoms with Crippen molar-refractivity contribution in [1.82, 2.24) is 15.5 Å². The fourth-order valence-corrected chi connectivity index (χ4v) is 3.97. The van der Waals surface area contributed by atoms with Crippen LogP contribution in [-0.2, 0) is 23.9 Å². The lowest BCUT2D eigenvalue weighted by molar-refractivity contribution is -0.145. The van der Waals surface area contributed by atoms with Gasteiger partial charge in [0, 0.05) is 12.6 Å². The molecule has 9 heteroatoms. The molecule has 1 aromatic carbocycles. The Labute approximate surface area is 220 Å². The summed E-state index contributed by atoms with van der Waals surface area (Å²) in [5.41, 5.74) is 2.03. The molecule has 1 fully saturated rings. The van der Waals surface area contributed by atoms with Crippen molar-refractivity contribution in [1.29, 1.82) is 0 Å². The molecule has 0 saturated heterocycles. The van der Waals surface area contributed by atoms with Crippen molar-refractivity contribution >= 4 is 23.9 Å². The number of hydrogen-bond donors (Lipinski definition) is 2. The smallest absolute Gasteiger partial charge is 0.408 e. The third-order valence-corrected chi connectivity index (χ3v) is 6.11. The minimum absolute atomic E-state index is 0.0332. The summed E-state index contributed by atoms with van der Waals surface area (Å²) in [6.45, 7) is 15.0. The summed E-state index contributed by atoms with van der Waals surface area (Å²) in [6, 6.07) is 3.78. The van der Waals surface area contributed by atoms with Crippen molar-refractivity contribution in [2.45, 2.75) is 98.4 Å². The molecule has 0 bridgehead atoms. The summed E-state index contributed by atoms with van der Waals surface area (Å²) in [6.07, 6.45) is 0.878. The standard InChI is InChI=1S/C28H43N3O6/c1-9-36-22(32)14-15-29-25(33)24(20-11-10-18(4)19(5)16-20)31(21-12-13-21)26(34)23(17(2)3)30-27(35)37-28(6,7)8/h10-11,16-17,21,23-24H,9,12-15H2,1-8H3,(H,29,33)(H,30,35). The zero-order valence-electron chi connectivity index (χ0n) is 23.5. The Balaban J connectivity index is 2.39. The highest BCUT2D eigenvalue weighted by atomic mass is 16.6. The van der Waals surface area contributed by atoms with Gasteiger partial charge in [-0.1, -0.05) is 32.0 Å². The van der Waals surface area contributed by atoms with Gasteiger partial charge in [-0.25, -0.2) is 4.79 Å². The first-order valence-electron chi connectivity index (χ1n) is 13.1. The van der Waals surface area contributed by atoms with E-state index >= 15 is 0 Å². The lowest BCUT2D eigenvalue weighted by Gasteiger charge is -2.36. The molecule has 0 aromatic heterocycles. The zero-order valence-corrected chi connectivity index (χ0v) is 23.5. The number of rotatable bonds is 11. The minimum atomic E-state index is -0.914. The summed E-state index contributed by atoms with van der Waals surface area (Å²) in [5.74, 6) is -1.37. The molecule has 2 unspecified atom stereocenters. The highest BCUT2D eigenvalue weighted by Gasteiger charge is 2.44. The van der Waals surface area contributed by atoms with Gasteiger partial charge in [0.1, 0.15) is 17.7 Å². The normalized spacial score (nSPS) is 14.9. The maximum Gasteiger partial charge on any atom is 0.408 e. The summed E-state index contributed by atoms with van der Waals surface area (Å²) in [4.78, 5) is 53.6. The number of carbonyl (C=O) groups is 4. The van der Waals surface area contributed by atoms with Gasteiger partial charge in [0.05, 0.1) is 13.0 Å². The number of carbonyl (C=O) groups excluding carboxylic acids is 4. The highest BCUT2D eigenvalue weighted by molar-refractivity contribution is 5.93. The topological polar surface area (TPSA) is 114 Å². The van der Waals surface area contributed by atoms with Crippen LogP contribution < -0.4 is 10.6 Å². The second kappa shape index (κ2) is 12.9. The van der Waals surface area contributed by atoms with Crippen LogP contribution in [-0.4, -0.2) is 59.6 Å². The van der Waals surface area contributed by atoms with Crippen molar-refractivity contribution in [2.75, 3.05) is 13.2 Å². The van der Waals surface area contributed by atoms with Crippen LogP contribution in [0.1, 0.15) is 83.5 Å². The maximum absolute atomic E-state index is 14.0. The van der Waals surface area contributed by atoms with E-state index in [0.717, 1.165) is 24.0 Å². The number of esters is 1. The number of benzene rings is 1. The average Bonchev–Trinajstić information content (AvgIpc) is 3.61. The van der Waals surface area contributed by atoms with Crippen LogP contribution in [0, 0.1) is 19.8 Å². The van der Waals surface area contributed by atoms with Crippen LogP contribution >= 0.6 is 0 Å². The molecule has 2 N–H and O–H groups in total. The molecule has 1 saturated carbocycles. The maximum atomic E-state index is 14.0. The zero-order chi connectivity index (χ0) is 27.9. The first kappa shape index (κ1) is 30.1. The van der Waals surface area contributed by atoms with E-state index in [4.69, 9.17) is 9.47 Å². The molecule has 0 aliphatic heterocycles. The van der Waals surface area contributed by atoms with Crippen LogP contribution in [0.15, 0.2) is 18.2 Å². The van der Waals surface area contributed by atoms with E-state index in [1.165, 1.54) is 0 Å². The van der Waals surface area contributed by atoms with E-state index in [1.54, 1.807) is 32.6 Å². The molecule has 1 aliphatic rings. The summed E-state index contributed by atoms with van der Waals surface area (Å²) in [7, 11) is 0. The molecular weight excluding hydrogens is 474 g/mol. The Morgan fingerprint density at radius 1 is 1.08 bits per heavy atom. The first-order valence-corrected chi connectivity index (χ1v) is 13.1. The van der Waals surface area contributed by atoms with Gasteiger partial charge in [-0.3, -0.25) is 14.4 Å². The molecule has 3 amide bonds. The Bertz CT molecular complexity index is 981. The summed E-state index contributed by atoms with van der Waals surface area (Å²) >= 11 is 0. The second-order valence-electron chi connectivity index (χ2n) is 10.9. The third kappa shape index (κ3) is 9.05. The van der Waals surface area contributed by atoms with E-state index in [0.29, 0.717) is 5.56 Å². The average molecular weight is 518 g/mol. The molecule has 1 aliphatic carbocycles. The Morgan fingerprint density at radius 3 is 2.24 bits per heavy atom. The highest BCUT2D eigenvalue weighted by Crippen LogP contribution is 2.36. The Hall–Kier alpha value is -3.10. The largest absolute Gasteiger partial charge is 0.466 e. The quantitative estimate of drug-likeness (QED) is 0.430. The van der Waals surface area contributed by atoms with Crippen molar-refractivity contribution < 1.29 is 28.7 Å². The van der Waals surface area contributed by atoms with Gasteiger partial charge in [0.2, 0.25) is 11.8 Å². The van der Waals surface area contributed by atoms with Gasteiger partial charge in [-0.05, 0) is 77.0 Å². The van der Waals surface area contributed by atoms with Gasteiger partial charge >= 0.3 is 12.1 Å². The van der Waals surface area contributed by atoms with E-state index in [1.807, 2.05) is 45.9 Å². The van der Waals surface area contributed by atoms with Crippen molar-refractivity contribution in [3.8, 4) is 0 Å². The number of aryl methyl sites for hydroxylation is 2. The summed E-state index contributed by atoms with van der Waals surface area (Å²) < 4.78 is 10.4. The van der Waals surface area contributed by atoms with E-state index in [2.05, 4.69) is 10.6 Å². The van der Waals surface area contributed by atoms with Gasteiger partial charge in [-0.15, -0.1) is 0 Å². The fraction of sp³-hybridized carbons (Fsp3) is 0.643. The SMILES string of the molecule is CCOC(=O)CCNC(=O)C(c1ccc(C)c(C)c1)N(C(=O)C(NC(=O)OC(C)(C)C)C(C)C)C1CC1. The third-order valence-electron chi connectivity index (χ3n) is 6.11. The van der Waals surface area contributed by atoms with Gasteiger partial charge in [-0.2, -0.15) is 0 Å². The van der Waals surface area contributed by atoms with Crippen molar-refractivity contribution in [3.63, 3.8) is 0 Å². The number of nitrogens with zero attached hydrogens (tertiary/aromatic N) is 1. The van der Waals surface area contributed by atoms with Gasteiger partial charge in [0.25, 0.3) is 0 Å². The van der Waals surface area contributed by atoms with Crippen molar-refractivity contribution in [2.24, 2.45) is 5.92 Å². The molecule has 37 heavy (non-hydrogen) atoms. The minimum Gasteiger partial charge on any atom is -0.466 e. The molecule has 206 valence electrons. The fourth-order valence-electron chi connectivity index (χ4n) is 3.97. The predicted molar refractivity (Wildman–Crippen MR) is 141 cm³/mol. The molecule has 9 nitrogen and oxygen atoms in total. The van der Waals surface area contributed by atoms with Crippen molar-refractivity contribution in [3.05, 3.63) is 34.9 Å². The molecule has 1 aromatic rings. The Morgan fingerprint density at radius 2 is 1.73 bits per heavy atom. The molecular formula is C28H43N3O6. The molecule has 0 radical (unpaired) electrons. The van der Waals surface area contributed by atoms with E-state index in [9.17, 15) is 19.2 Å². The number of hydrogen-bond acceptors (Lipinski definition) is 6. The molecule has 0 heterocycles. The number of nitrogens with one attached hydrogen (secondary N) is 2. The predicted octanol–water partition coefficient (Wildman–Crippen LogP) is 3.95. The molecule has 2 atom stereocenters. The van der Waals surface area contributed by atoms with Crippen LogP contribution in [0.5, 0.6) is 0 Å². The van der Waals surface area contributed by atoms with Gasteiger partial charge < -0.3 is 25.0 Å². The number of ether oxygens (including phenoxy) is 2. The van der Waals surface area contributed by atoms with E-state index < -0.39 is 29.7 Å².